The van der Waals surface area contributed by atoms with Crippen LogP contribution in [-0.4, -0.2) is 26.1 Å². The Labute approximate surface area is 317 Å². The summed E-state index contributed by atoms with van der Waals surface area (Å²) in [7, 11) is -3.06. The molecule has 0 fully saturated rings. The molecule has 0 spiro atoms. The maximum Gasteiger partial charge on any atom is 0.132 e. The Balaban J connectivity index is 0.000000237. The first kappa shape index (κ1) is 36.2. The van der Waals surface area contributed by atoms with Crippen molar-refractivity contribution in [3.63, 3.8) is 0 Å². The van der Waals surface area contributed by atoms with Gasteiger partial charge in [0.25, 0.3) is 0 Å². The van der Waals surface area contributed by atoms with Crippen molar-refractivity contribution in [3.8, 4) is 33.6 Å². The average molecular weight is 888 g/mol. The molecule has 2 nitrogen and oxygen atoms in total. The quantitative estimate of drug-likeness (QED) is 0.123. The van der Waals surface area contributed by atoms with Gasteiger partial charge < -0.3 is 9.97 Å². The van der Waals surface area contributed by atoms with Crippen molar-refractivity contribution in [2.75, 3.05) is 0 Å². The third-order valence-corrected chi connectivity index (χ3v) is 14.9. The van der Waals surface area contributed by atoms with E-state index in [0.29, 0.717) is 5.56 Å². The molecule has 7 rings (SSSR count). The van der Waals surface area contributed by atoms with E-state index in [1.54, 1.807) is 23.6 Å². The molecule has 7 aromatic rings. The van der Waals surface area contributed by atoms with Crippen LogP contribution in [0.1, 0.15) is 24.9 Å². The van der Waals surface area contributed by atoms with Crippen LogP contribution in [0.2, 0.25) is 39.3 Å². The first-order chi connectivity index (χ1) is 23.6. The van der Waals surface area contributed by atoms with Gasteiger partial charge in [-0.25, -0.2) is 4.39 Å². The fraction of sp³-hybridized carbons (Fsp3) is 0.209. The number of thiophene rings is 1. The van der Waals surface area contributed by atoms with Crippen molar-refractivity contribution in [3.05, 3.63) is 139 Å². The van der Waals surface area contributed by atoms with Gasteiger partial charge in [0.05, 0.1) is 16.1 Å². The molecule has 0 aliphatic heterocycles. The molecule has 1 unspecified atom stereocenters. The molecule has 3 heterocycles. The molecule has 7 heteroatoms. The zero-order chi connectivity index (χ0) is 35.8. The van der Waals surface area contributed by atoms with E-state index in [0.717, 1.165) is 53.8 Å². The zero-order valence-corrected chi connectivity index (χ0v) is 35.1. The number of nitrogens with zero attached hydrogens (tertiary/aromatic N) is 2. The van der Waals surface area contributed by atoms with Gasteiger partial charge in [0.15, 0.2) is 0 Å². The minimum atomic E-state index is -1.78. The fourth-order valence-electron chi connectivity index (χ4n) is 6.07. The predicted molar refractivity (Wildman–Crippen MR) is 215 cm³/mol. The minimum Gasteiger partial charge on any atom is -0.305 e. The molecule has 4 aromatic carbocycles. The molecule has 3 aromatic heterocycles. The zero-order valence-electron chi connectivity index (χ0n) is 30.9. The van der Waals surface area contributed by atoms with Crippen molar-refractivity contribution in [2.24, 2.45) is 0 Å². The Hall–Kier alpha value is -3.59. The topological polar surface area (TPSA) is 25.8 Å². The number of rotatable bonds is 6. The summed E-state index contributed by atoms with van der Waals surface area (Å²) in [4.78, 5) is 9.22. The minimum absolute atomic E-state index is 0. The van der Waals surface area contributed by atoms with Crippen LogP contribution in [-0.2, 0) is 20.1 Å². The summed E-state index contributed by atoms with van der Waals surface area (Å²) >= 11 is 1.57. The summed E-state index contributed by atoms with van der Waals surface area (Å²) in [6.45, 7) is 17.9. The number of aryl methyl sites for hydroxylation is 1. The van der Waals surface area contributed by atoms with Gasteiger partial charge in [-0.15, -0.1) is 59.7 Å². The van der Waals surface area contributed by atoms with E-state index in [-0.39, 0.29) is 25.9 Å². The van der Waals surface area contributed by atoms with E-state index in [9.17, 15) is 0 Å². The van der Waals surface area contributed by atoms with Crippen molar-refractivity contribution in [2.45, 2.75) is 58.6 Å². The first-order valence-corrected chi connectivity index (χ1v) is 24.5. The number of aromatic nitrogens is 2. The maximum atomic E-state index is 15.0. The van der Waals surface area contributed by atoms with Crippen LogP contribution >= 0.6 is 11.3 Å². The summed E-state index contributed by atoms with van der Waals surface area (Å²) in [6.07, 6.45) is 3.85. The van der Waals surface area contributed by atoms with Gasteiger partial charge in [0, 0.05) is 44.1 Å². The van der Waals surface area contributed by atoms with E-state index in [1.165, 1.54) is 10.8 Å². The maximum absolute atomic E-state index is 15.0. The van der Waals surface area contributed by atoms with Gasteiger partial charge in [-0.3, -0.25) is 0 Å². The smallest absolute Gasteiger partial charge is 0.132 e. The third-order valence-electron chi connectivity index (χ3n) is 9.08. The first-order valence-electron chi connectivity index (χ1n) is 17.2. The molecule has 0 N–H and O–H groups in total. The Kier molecular flexibility index (Phi) is 11.1. The largest absolute Gasteiger partial charge is 0.305 e. The molecular weight excluding hydrogens is 844 g/mol. The van der Waals surface area contributed by atoms with E-state index >= 15 is 4.39 Å². The Bertz CT molecular complexity index is 2300. The second-order valence-electron chi connectivity index (χ2n) is 14.6. The van der Waals surface area contributed by atoms with E-state index in [4.69, 9.17) is 1.37 Å². The number of benzene rings is 4. The molecular formula is C43H43FIrN2SSi2-2. The van der Waals surface area contributed by atoms with Gasteiger partial charge in [0.2, 0.25) is 0 Å². The van der Waals surface area contributed by atoms with Crippen LogP contribution < -0.4 is 5.19 Å². The summed E-state index contributed by atoms with van der Waals surface area (Å²) in [5.41, 5.74) is 6.98. The molecule has 0 saturated carbocycles. The van der Waals surface area contributed by atoms with Crippen LogP contribution in [0.5, 0.6) is 0 Å². The van der Waals surface area contributed by atoms with Gasteiger partial charge in [0.1, 0.15) is 5.82 Å². The molecule has 0 aliphatic rings. The van der Waals surface area contributed by atoms with Crippen LogP contribution in [0.3, 0.4) is 0 Å². The van der Waals surface area contributed by atoms with E-state index in [1.807, 2.05) is 85.8 Å². The van der Waals surface area contributed by atoms with Crippen molar-refractivity contribution >= 4 is 52.8 Å². The number of pyridine rings is 2. The Morgan fingerprint density at radius 2 is 1.54 bits per heavy atom. The summed E-state index contributed by atoms with van der Waals surface area (Å²) in [5, 5.41) is 3.55. The van der Waals surface area contributed by atoms with Crippen LogP contribution in [0.4, 0.5) is 4.39 Å². The number of hydrogen-bond donors (Lipinski definition) is 0. The van der Waals surface area contributed by atoms with Gasteiger partial charge >= 0.3 is 0 Å². The molecule has 1 radical (unpaired) electrons. The molecule has 0 aliphatic carbocycles. The Morgan fingerprint density at radius 1 is 0.800 bits per heavy atom. The van der Waals surface area contributed by atoms with Gasteiger partial charge in [-0.05, 0) is 62.9 Å². The van der Waals surface area contributed by atoms with Crippen LogP contribution in [0.15, 0.2) is 109 Å². The standard InChI is InChI=1S/C28H25FNSSi.C15H18NSi.Ir/c1-18(32(2,3)4)20-13-14-30-26(15-20)22-12-8-11-21-24-16-23(19-9-6-5-7-10-19)25(29)17-27(24)31-28(21)22;1-12-10-14(13-8-6-5-7-9-13)16-11-15(12)17(2,3)4;/h5-11,13-18H,1-4H3;5-8,10-11H,1-4H3;/q2*-1;/i18D;;. The molecule has 1 atom stereocenters. The SMILES string of the molecule is Cc1cc(-c2[c-]cccc2)ncc1[Si](C)(C)C.[2H]C(C)(c1ccnc(-c2[c-]ccc3c2sc2cc(F)c(-c4ccccc4)cc23)c1)[Si](C)(C)C.[Ir]. The monoisotopic (exact) mass is 888 g/mol. The van der Waals surface area contributed by atoms with Crippen molar-refractivity contribution in [1.29, 1.82) is 0 Å². The predicted octanol–water partition coefficient (Wildman–Crippen LogP) is 12.1. The van der Waals surface area contributed by atoms with Crippen LogP contribution in [0.25, 0.3) is 53.8 Å². The summed E-state index contributed by atoms with van der Waals surface area (Å²) in [5.74, 6) is -0.217. The normalized spacial score (nSPS) is 13.2. The van der Waals surface area contributed by atoms with Gasteiger partial charge in [-0.1, -0.05) is 105 Å². The number of halogens is 1. The second-order valence-corrected chi connectivity index (χ2v) is 25.9. The molecule has 50 heavy (non-hydrogen) atoms. The fourth-order valence-corrected chi connectivity index (χ4v) is 10.0. The average Bonchev–Trinajstić information content (AvgIpc) is 3.45. The molecule has 257 valence electrons. The second kappa shape index (κ2) is 15.3. The number of hydrogen-bond acceptors (Lipinski definition) is 3. The van der Waals surface area contributed by atoms with Crippen LogP contribution in [0, 0.1) is 24.9 Å². The molecule has 0 bridgehead atoms. The summed E-state index contributed by atoms with van der Waals surface area (Å²) < 4.78 is 26.0. The van der Waals surface area contributed by atoms with E-state index in [2.05, 4.69) is 86.6 Å². The van der Waals surface area contributed by atoms with Crippen molar-refractivity contribution < 1.29 is 25.9 Å². The van der Waals surface area contributed by atoms with Crippen molar-refractivity contribution in [1.82, 2.24) is 9.97 Å². The number of fused-ring (bicyclic) bond motifs is 3. The van der Waals surface area contributed by atoms with Gasteiger partial charge in [-0.2, -0.15) is 11.3 Å². The van der Waals surface area contributed by atoms with E-state index < -0.39 is 21.7 Å². The molecule has 0 saturated heterocycles. The summed E-state index contributed by atoms with van der Waals surface area (Å²) in [6, 6.07) is 38.0. The molecule has 0 amide bonds. The third kappa shape index (κ3) is 8.14. The Morgan fingerprint density at radius 3 is 2.20 bits per heavy atom.